The van der Waals surface area contributed by atoms with Crippen molar-refractivity contribution in [3.05, 3.63) is 66.2 Å². The van der Waals surface area contributed by atoms with Gasteiger partial charge in [0.1, 0.15) is 54.5 Å². The van der Waals surface area contributed by atoms with Crippen LogP contribution in [0, 0.1) is 11.7 Å². The summed E-state index contributed by atoms with van der Waals surface area (Å²) in [5.74, 6) is 1.34. The summed E-state index contributed by atoms with van der Waals surface area (Å²) in [6, 6.07) is 15.3. The minimum absolute atomic E-state index is 0.0678. The predicted octanol–water partition coefficient (Wildman–Crippen LogP) is 7.09. The van der Waals surface area contributed by atoms with Crippen molar-refractivity contribution in [2.75, 3.05) is 32.8 Å². The molecule has 11 heteroatoms. The van der Waals surface area contributed by atoms with E-state index in [1.807, 2.05) is 34.9 Å². The molecule has 6 rings (SSSR count). The standard InChI is InChI=1S/C37H47FN4O5Si/c1-48(2,3)17-16-45-25-42-35(27-8-11-31(12-9-27)46-23-30(44)22-41-14-4-5-15-41)21-33-36(42)39-24-40-37(33)47-32-13-10-28(34(38)20-32)19-29(43)18-26-6-7-26/h8-13,20-21,24,26,30,44H,4-7,14-19,22-23,25H2,1-3H3/t30-/m1/s1. The molecule has 0 bridgehead atoms. The molecule has 2 fully saturated rings. The van der Waals surface area contributed by atoms with Crippen LogP contribution >= 0.6 is 0 Å². The van der Waals surface area contributed by atoms with E-state index in [1.54, 1.807) is 12.1 Å². The number of carbonyl (C=O) groups excluding carboxylic acids is 1. The van der Waals surface area contributed by atoms with E-state index >= 15 is 4.39 Å². The topological polar surface area (TPSA) is 98.9 Å². The molecule has 1 aliphatic heterocycles. The summed E-state index contributed by atoms with van der Waals surface area (Å²) >= 11 is 0. The summed E-state index contributed by atoms with van der Waals surface area (Å²) in [5, 5.41) is 11.1. The van der Waals surface area contributed by atoms with Gasteiger partial charge >= 0.3 is 0 Å². The summed E-state index contributed by atoms with van der Waals surface area (Å²) < 4.78 is 35.3. The molecule has 1 N–H and O–H groups in total. The minimum atomic E-state index is -1.28. The van der Waals surface area contributed by atoms with Gasteiger partial charge in [0, 0.05) is 40.1 Å². The van der Waals surface area contributed by atoms with Crippen molar-refractivity contribution in [2.24, 2.45) is 5.92 Å². The number of hydrogen-bond donors (Lipinski definition) is 1. The SMILES string of the molecule is C[Si](C)(C)CCOCn1c(-c2ccc(OC[C@H](O)CN3CCCC3)cc2)cc2c(Oc3ccc(CC(=O)CC4CC4)c(F)c3)ncnc21. The first-order valence-corrected chi connectivity index (χ1v) is 20.9. The molecule has 2 aromatic heterocycles. The number of ether oxygens (including phenoxy) is 3. The Bertz CT molecular complexity index is 1700. The number of fused-ring (bicyclic) bond motifs is 1. The number of hydrogen-bond acceptors (Lipinski definition) is 8. The van der Waals surface area contributed by atoms with Crippen LogP contribution in [0.5, 0.6) is 17.4 Å². The van der Waals surface area contributed by atoms with Gasteiger partial charge in [0.25, 0.3) is 0 Å². The van der Waals surface area contributed by atoms with Crippen molar-refractivity contribution in [1.82, 2.24) is 19.4 Å². The van der Waals surface area contributed by atoms with Gasteiger partial charge in [-0.15, -0.1) is 0 Å². The fraction of sp³-hybridized carbons (Fsp3) is 0.486. The molecule has 0 unspecified atom stereocenters. The fourth-order valence-corrected chi connectivity index (χ4v) is 6.79. The van der Waals surface area contributed by atoms with Crippen LogP contribution < -0.4 is 9.47 Å². The molecule has 256 valence electrons. The zero-order valence-electron chi connectivity index (χ0n) is 28.3. The summed E-state index contributed by atoms with van der Waals surface area (Å²) in [4.78, 5) is 23.6. The third-order valence-corrected chi connectivity index (χ3v) is 10.7. The molecule has 2 aromatic carbocycles. The second-order valence-corrected chi connectivity index (χ2v) is 20.1. The number of likely N-dealkylation sites (tertiary alicyclic amines) is 1. The largest absolute Gasteiger partial charge is 0.491 e. The highest BCUT2D eigenvalue weighted by molar-refractivity contribution is 6.76. The monoisotopic (exact) mass is 674 g/mol. The highest BCUT2D eigenvalue weighted by Gasteiger charge is 2.25. The highest BCUT2D eigenvalue weighted by atomic mass is 28.3. The molecular weight excluding hydrogens is 628 g/mol. The second kappa shape index (κ2) is 15.3. The molecule has 48 heavy (non-hydrogen) atoms. The predicted molar refractivity (Wildman–Crippen MR) is 187 cm³/mol. The van der Waals surface area contributed by atoms with Gasteiger partial charge in [0.05, 0.1) is 11.1 Å². The lowest BCUT2D eigenvalue weighted by Crippen LogP contribution is -2.33. The summed E-state index contributed by atoms with van der Waals surface area (Å²) in [6.07, 6.45) is 6.05. The lowest BCUT2D eigenvalue weighted by Gasteiger charge is -2.19. The molecule has 0 amide bonds. The number of benzene rings is 2. The van der Waals surface area contributed by atoms with Crippen molar-refractivity contribution in [1.29, 1.82) is 0 Å². The Labute approximate surface area is 283 Å². The quantitative estimate of drug-likeness (QED) is 0.0937. The van der Waals surface area contributed by atoms with Crippen LogP contribution in [0.3, 0.4) is 0 Å². The molecule has 0 radical (unpaired) electrons. The maximum atomic E-state index is 15.0. The fourth-order valence-electron chi connectivity index (χ4n) is 6.03. The van der Waals surface area contributed by atoms with E-state index in [1.165, 1.54) is 25.2 Å². The molecule has 2 aliphatic rings. The summed E-state index contributed by atoms with van der Waals surface area (Å²) in [6.45, 7) is 10.8. The maximum absolute atomic E-state index is 15.0. The van der Waals surface area contributed by atoms with Crippen molar-refractivity contribution >= 4 is 24.9 Å². The third kappa shape index (κ3) is 9.28. The van der Waals surface area contributed by atoms with Crippen LogP contribution in [0.15, 0.2) is 54.9 Å². The Kier molecular flexibility index (Phi) is 10.9. The van der Waals surface area contributed by atoms with E-state index in [-0.39, 0.29) is 18.8 Å². The molecule has 9 nitrogen and oxygen atoms in total. The molecule has 1 saturated carbocycles. The second-order valence-electron chi connectivity index (χ2n) is 14.4. The third-order valence-electron chi connectivity index (χ3n) is 8.97. The normalized spacial score (nSPS) is 16.0. The van der Waals surface area contributed by atoms with Gasteiger partial charge in [-0.3, -0.25) is 4.79 Å². The maximum Gasteiger partial charge on any atom is 0.231 e. The number of aliphatic hydroxyl groups excluding tert-OH is 1. The number of ketones is 1. The number of β-amino-alcohol motifs (C(OH)–C–C–N with tert-alkyl or cyclic N) is 1. The lowest BCUT2D eigenvalue weighted by atomic mass is 10.0. The molecule has 4 aromatic rings. The molecule has 0 spiro atoms. The molecular formula is C37H47FN4O5Si. The Hall–Kier alpha value is -3.64. The van der Waals surface area contributed by atoms with Gasteiger partial charge < -0.3 is 28.8 Å². The van der Waals surface area contributed by atoms with E-state index in [9.17, 15) is 9.90 Å². The van der Waals surface area contributed by atoms with Gasteiger partial charge in [-0.05, 0) is 98.3 Å². The number of carbonyl (C=O) groups is 1. The van der Waals surface area contributed by atoms with Gasteiger partial charge in [-0.2, -0.15) is 0 Å². The van der Waals surface area contributed by atoms with Crippen LogP contribution in [0.2, 0.25) is 25.7 Å². The van der Waals surface area contributed by atoms with Crippen molar-refractivity contribution in [3.63, 3.8) is 0 Å². The van der Waals surface area contributed by atoms with E-state index in [2.05, 4.69) is 34.5 Å². The number of halogens is 1. The van der Waals surface area contributed by atoms with Gasteiger partial charge in [-0.25, -0.2) is 14.4 Å². The number of rotatable bonds is 17. The minimum Gasteiger partial charge on any atom is -0.491 e. The van der Waals surface area contributed by atoms with E-state index in [4.69, 9.17) is 14.2 Å². The Morgan fingerprint density at radius 2 is 1.79 bits per heavy atom. The van der Waals surface area contributed by atoms with Crippen LogP contribution in [0.25, 0.3) is 22.3 Å². The first-order valence-electron chi connectivity index (χ1n) is 17.1. The number of nitrogens with zero attached hydrogens (tertiary/aromatic N) is 4. The Balaban J connectivity index is 1.20. The van der Waals surface area contributed by atoms with E-state index in [0.717, 1.165) is 43.2 Å². The average molecular weight is 675 g/mol. The smallest absolute Gasteiger partial charge is 0.231 e. The number of Topliss-reactive ketones (excluding diaryl/α,β-unsaturated/α-hetero) is 1. The van der Waals surface area contributed by atoms with Crippen molar-refractivity contribution in [3.8, 4) is 28.6 Å². The van der Waals surface area contributed by atoms with Gasteiger partial charge in [-0.1, -0.05) is 25.7 Å². The summed E-state index contributed by atoms with van der Waals surface area (Å²) in [7, 11) is -1.28. The van der Waals surface area contributed by atoms with Crippen LogP contribution in [0.1, 0.15) is 37.7 Å². The molecule has 1 aliphatic carbocycles. The number of aromatic nitrogens is 3. The van der Waals surface area contributed by atoms with Crippen LogP contribution in [-0.2, 0) is 22.7 Å². The molecule has 1 atom stereocenters. The summed E-state index contributed by atoms with van der Waals surface area (Å²) in [5.41, 5.74) is 2.79. The average Bonchev–Trinajstić information content (AvgIpc) is 3.55. The molecule has 3 heterocycles. The Morgan fingerprint density at radius 1 is 1.04 bits per heavy atom. The van der Waals surface area contributed by atoms with Crippen LogP contribution in [-0.4, -0.2) is 77.4 Å². The number of aliphatic hydroxyl groups is 1. The van der Waals surface area contributed by atoms with Crippen molar-refractivity contribution in [2.45, 2.75) is 77.0 Å². The zero-order valence-corrected chi connectivity index (χ0v) is 29.3. The van der Waals surface area contributed by atoms with Crippen LogP contribution in [0.4, 0.5) is 4.39 Å². The lowest BCUT2D eigenvalue weighted by molar-refractivity contribution is -0.118. The first kappa shape index (κ1) is 34.2. The Morgan fingerprint density at radius 3 is 2.50 bits per heavy atom. The van der Waals surface area contributed by atoms with Crippen molar-refractivity contribution < 1.29 is 28.5 Å². The zero-order chi connectivity index (χ0) is 33.7. The first-order chi connectivity index (χ1) is 23.1. The van der Waals surface area contributed by atoms with Gasteiger partial charge in [0.2, 0.25) is 5.88 Å². The van der Waals surface area contributed by atoms with Gasteiger partial charge in [0.15, 0.2) is 0 Å². The highest BCUT2D eigenvalue weighted by Crippen LogP contribution is 2.35. The molecule has 1 saturated heterocycles. The van der Waals surface area contributed by atoms with E-state index < -0.39 is 20.0 Å². The van der Waals surface area contributed by atoms with E-state index in [0.29, 0.717) is 66.2 Å².